The third kappa shape index (κ3) is 4.59. The van der Waals surface area contributed by atoms with Crippen LogP contribution in [0.5, 0.6) is 11.5 Å². The van der Waals surface area contributed by atoms with E-state index in [1.54, 1.807) is 14.2 Å². The van der Waals surface area contributed by atoms with Crippen LogP contribution in [0.3, 0.4) is 0 Å². The second kappa shape index (κ2) is 9.63. The highest BCUT2D eigenvalue weighted by Gasteiger charge is 2.50. The number of nitrogens with one attached hydrogen (secondary N) is 1. The number of likely N-dealkylation sites (tertiary alicyclic amines) is 1. The van der Waals surface area contributed by atoms with Crippen LogP contribution in [0.1, 0.15) is 30.9 Å². The number of ether oxygens (including phenoxy) is 2. The van der Waals surface area contributed by atoms with E-state index in [4.69, 9.17) is 9.47 Å². The van der Waals surface area contributed by atoms with Crippen molar-refractivity contribution in [3.05, 3.63) is 59.7 Å². The first-order valence-electron chi connectivity index (χ1n) is 11.3. The molecular weight excluding hydrogens is 404 g/mol. The Balaban J connectivity index is 1.40. The number of methoxy groups -OCH3 is 2. The number of carbonyl (C=O) groups is 2. The Morgan fingerprint density at radius 3 is 2.62 bits per heavy atom. The lowest BCUT2D eigenvalue weighted by Crippen LogP contribution is -2.35. The molecule has 6 nitrogen and oxygen atoms in total. The third-order valence-corrected chi connectivity index (χ3v) is 7.10. The minimum Gasteiger partial charge on any atom is -0.497 e. The molecule has 2 fully saturated rings. The highest BCUT2D eigenvalue weighted by molar-refractivity contribution is 5.80. The van der Waals surface area contributed by atoms with E-state index in [0.29, 0.717) is 37.8 Å². The average molecular weight is 437 g/mol. The summed E-state index contributed by atoms with van der Waals surface area (Å²) in [6, 6.07) is 15.7. The molecule has 0 radical (unpaired) electrons. The SMILES string of the molecule is COc1ccc(CN2C(=O)C[C@H]3[C@H](CNC(=O)Cc4ccccc4)[C@@H](C)C[C@H]32)c(OC)c1. The van der Waals surface area contributed by atoms with E-state index in [-0.39, 0.29) is 23.8 Å². The lowest BCUT2D eigenvalue weighted by atomic mass is 9.88. The standard InChI is InChI=1S/C26H32N2O4/c1-17-11-23-21(22(17)15-27-25(29)12-18-7-5-4-6-8-18)14-26(30)28(23)16-19-9-10-20(31-2)13-24(19)32-3/h4-10,13,17,21-23H,11-12,14-16H2,1-3H3,(H,27,29)/t17-,21-,22+,23+/m0/s1. The topological polar surface area (TPSA) is 67.9 Å². The minimum absolute atomic E-state index is 0.0380. The summed E-state index contributed by atoms with van der Waals surface area (Å²) in [6.07, 6.45) is 1.90. The van der Waals surface area contributed by atoms with Crippen molar-refractivity contribution in [3.63, 3.8) is 0 Å². The molecule has 1 aliphatic carbocycles. The van der Waals surface area contributed by atoms with E-state index >= 15 is 0 Å². The van der Waals surface area contributed by atoms with Crippen LogP contribution in [0.4, 0.5) is 0 Å². The normalized spacial score (nSPS) is 24.3. The number of hydrogen-bond acceptors (Lipinski definition) is 4. The Morgan fingerprint density at radius 2 is 1.91 bits per heavy atom. The van der Waals surface area contributed by atoms with Crippen LogP contribution in [-0.4, -0.2) is 43.5 Å². The number of hydrogen-bond donors (Lipinski definition) is 1. The maximum atomic E-state index is 12.9. The van der Waals surface area contributed by atoms with Gasteiger partial charge in [-0.05, 0) is 41.9 Å². The van der Waals surface area contributed by atoms with Gasteiger partial charge in [-0.3, -0.25) is 9.59 Å². The predicted octanol–water partition coefficient (Wildman–Crippen LogP) is 3.44. The second-order valence-electron chi connectivity index (χ2n) is 8.98. The molecule has 2 aromatic carbocycles. The van der Waals surface area contributed by atoms with Gasteiger partial charge in [-0.2, -0.15) is 0 Å². The van der Waals surface area contributed by atoms with Crippen LogP contribution < -0.4 is 14.8 Å². The summed E-state index contributed by atoms with van der Waals surface area (Å²) in [4.78, 5) is 27.4. The van der Waals surface area contributed by atoms with E-state index in [9.17, 15) is 9.59 Å². The van der Waals surface area contributed by atoms with Crippen molar-refractivity contribution < 1.29 is 19.1 Å². The van der Waals surface area contributed by atoms with Crippen molar-refractivity contribution in [1.82, 2.24) is 10.2 Å². The van der Waals surface area contributed by atoms with Gasteiger partial charge in [-0.25, -0.2) is 0 Å². The van der Waals surface area contributed by atoms with Gasteiger partial charge in [0.2, 0.25) is 11.8 Å². The van der Waals surface area contributed by atoms with Crippen molar-refractivity contribution in [2.45, 2.75) is 38.8 Å². The maximum absolute atomic E-state index is 12.9. The van der Waals surface area contributed by atoms with Crippen LogP contribution in [0.2, 0.25) is 0 Å². The van der Waals surface area contributed by atoms with Gasteiger partial charge in [-0.1, -0.05) is 37.3 Å². The zero-order chi connectivity index (χ0) is 22.7. The molecule has 1 aliphatic heterocycles. The quantitative estimate of drug-likeness (QED) is 0.688. The largest absolute Gasteiger partial charge is 0.497 e. The lowest BCUT2D eigenvalue weighted by Gasteiger charge is -2.25. The Kier molecular flexibility index (Phi) is 6.68. The molecule has 1 saturated carbocycles. The lowest BCUT2D eigenvalue weighted by molar-refractivity contribution is -0.129. The molecule has 0 spiro atoms. The number of rotatable bonds is 8. The first kappa shape index (κ1) is 22.2. The number of amides is 2. The molecule has 1 N–H and O–H groups in total. The van der Waals surface area contributed by atoms with Crippen LogP contribution in [0.25, 0.3) is 0 Å². The monoisotopic (exact) mass is 436 g/mol. The fraction of sp³-hybridized carbons (Fsp3) is 0.462. The van der Waals surface area contributed by atoms with E-state index in [0.717, 1.165) is 29.0 Å². The van der Waals surface area contributed by atoms with Crippen LogP contribution in [0, 0.1) is 17.8 Å². The highest BCUT2D eigenvalue weighted by Crippen LogP contribution is 2.46. The van der Waals surface area contributed by atoms with Crippen LogP contribution in [-0.2, 0) is 22.6 Å². The van der Waals surface area contributed by atoms with Gasteiger partial charge in [0.1, 0.15) is 11.5 Å². The van der Waals surface area contributed by atoms with Gasteiger partial charge >= 0.3 is 0 Å². The highest BCUT2D eigenvalue weighted by atomic mass is 16.5. The molecule has 2 aromatic rings. The summed E-state index contributed by atoms with van der Waals surface area (Å²) in [5.74, 6) is 2.73. The van der Waals surface area contributed by atoms with Crippen molar-refractivity contribution in [1.29, 1.82) is 0 Å². The second-order valence-corrected chi connectivity index (χ2v) is 8.98. The van der Waals surface area contributed by atoms with Gasteiger partial charge in [0.15, 0.2) is 0 Å². The predicted molar refractivity (Wildman–Crippen MR) is 122 cm³/mol. The van der Waals surface area contributed by atoms with Gasteiger partial charge in [0.25, 0.3) is 0 Å². The van der Waals surface area contributed by atoms with Crippen molar-refractivity contribution >= 4 is 11.8 Å². The molecule has 0 bridgehead atoms. The van der Waals surface area contributed by atoms with Crippen LogP contribution in [0.15, 0.2) is 48.5 Å². The summed E-state index contributed by atoms with van der Waals surface area (Å²) >= 11 is 0. The maximum Gasteiger partial charge on any atom is 0.224 e. The number of benzene rings is 2. The minimum atomic E-state index is 0.0380. The van der Waals surface area contributed by atoms with E-state index in [1.165, 1.54) is 0 Å². The molecule has 1 saturated heterocycles. The molecular formula is C26H32N2O4. The molecule has 1 heterocycles. The zero-order valence-corrected chi connectivity index (χ0v) is 19.0. The summed E-state index contributed by atoms with van der Waals surface area (Å²) in [5, 5.41) is 3.12. The first-order chi connectivity index (χ1) is 15.5. The molecule has 6 heteroatoms. The van der Waals surface area contributed by atoms with E-state index in [2.05, 4.69) is 12.2 Å². The summed E-state index contributed by atoms with van der Waals surface area (Å²) < 4.78 is 10.8. The van der Waals surface area contributed by atoms with Crippen LogP contribution >= 0.6 is 0 Å². The molecule has 170 valence electrons. The third-order valence-electron chi connectivity index (χ3n) is 7.10. The van der Waals surface area contributed by atoms with Gasteiger partial charge in [-0.15, -0.1) is 0 Å². The molecule has 2 amide bonds. The summed E-state index contributed by atoms with van der Waals surface area (Å²) in [6.45, 7) is 3.40. The first-order valence-corrected chi connectivity index (χ1v) is 11.3. The molecule has 0 unspecified atom stereocenters. The van der Waals surface area contributed by atoms with Gasteiger partial charge < -0.3 is 19.7 Å². The summed E-state index contributed by atoms with van der Waals surface area (Å²) in [7, 11) is 3.26. The molecule has 2 aliphatic rings. The number of carbonyl (C=O) groups excluding carboxylic acids is 2. The van der Waals surface area contributed by atoms with Gasteiger partial charge in [0, 0.05) is 37.2 Å². The van der Waals surface area contributed by atoms with Crippen molar-refractivity contribution in [2.24, 2.45) is 17.8 Å². The smallest absolute Gasteiger partial charge is 0.224 e. The Bertz CT molecular complexity index is 962. The van der Waals surface area contributed by atoms with Crippen molar-refractivity contribution in [2.75, 3.05) is 20.8 Å². The van der Waals surface area contributed by atoms with Crippen molar-refractivity contribution in [3.8, 4) is 11.5 Å². The van der Waals surface area contributed by atoms with E-state index < -0.39 is 0 Å². The average Bonchev–Trinajstić information content (AvgIpc) is 3.26. The summed E-state index contributed by atoms with van der Waals surface area (Å²) in [5.41, 5.74) is 1.99. The Labute approximate surface area is 189 Å². The Hall–Kier alpha value is -3.02. The fourth-order valence-corrected chi connectivity index (χ4v) is 5.39. The van der Waals surface area contributed by atoms with E-state index in [1.807, 2.05) is 53.4 Å². The Morgan fingerprint density at radius 1 is 1.12 bits per heavy atom. The molecule has 32 heavy (non-hydrogen) atoms. The zero-order valence-electron chi connectivity index (χ0n) is 19.0. The number of fused-ring (bicyclic) bond motifs is 1. The molecule has 4 rings (SSSR count). The molecule has 4 atom stereocenters. The molecule has 0 aromatic heterocycles. The number of nitrogens with zero attached hydrogens (tertiary/aromatic N) is 1. The fourth-order valence-electron chi connectivity index (χ4n) is 5.39. The van der Waals surface area contributed by atoms with Gasteiger partial charge in [0.05, 0.1) is 20.6 Å².